The predicted molar refractivity (Wildman–Crippen MR) is 135 cm³/mol. The first-order chi connectivity index (χ1) is 17.6. The van der Waals surface area contributed by atoms with Gasteiger partial charge in [-0.15, -0.1) is 0 Å². The monoisotopic (exact) mass is 479 g/mol. The van der Waals surface area contributed by atoms with Gasteiger partial charge in [0.25, 0.3) is 5.56 Å². The van der Waals surface area contributed by atoms with Gasteiger partial charge in [0.1, 0.15) is 24.0 Å². The Bertz CT molecular complexity index is 1490. The van der Waals surface area contributed by atoms with Gasteiger partial charge in [-0.2, -0.15) is 10.4 Å². The van der Waals surface area contributed by atoms with Crippen molar-refractivity contribution in [2.45, 2.75) is 6.61 Å². The molecular weight excluding hydrogens is 458 g/mol. The van der Waals surface area contributed by atoms with E-state index in [1.54, 1.807) is 60.8 Å². The Hall–Kier alpha value is -5.23. The summed E-state index contributed by atoms with van der Waals surface area (Å²) in [6, 6.07) is 25.2. The Labute approximate surface area is 206 Å². The summed E-state index contributed by atoms with van der Waals surface area (Å²) in [7, 11) is 1.34. The maximum Gasteiger partial charge on any atom is 0.337 e. The van der Waals surface area contributed by atoms with Gasteiger partial charge in [0.05, 0.1) is 24.6 Å². The average molecular weight is 479 g/mol. The molecule has 0 aliphatic carbocycles. The van der Waals surface area contributed by atoms with Crippen molar-refractivity contribution in [3.63, 3.8) is 0 Å². The van der Waals surface area contributed by atoms with E-state index in [0.717, 1.165) is 11.1 Å². The highest BCUT2D eigenvalue weighted by atomic mass is 16.5. The second kappa shape index (κ2) is 11.3. The van der Waals surface area contributed by atoms with Crippen molar-refractivity contribution in [3.8, 4) is 23.1 Å². The number of ether oxygens (including phenoxy) is 2. The summed E-state index contributed by atoms with van der Waals surface area (Å²) in [4.78, 5) is 30.8. The number of hydrogen-bond acceptors (Lipinski definition) is 8. The number of nitriles is 1. The highest BCUT2D eigenvalue weighted by Crippen LogP contribution is 2.19. The van der Waals surface area contributed by atoms with E-state index < -0.39 is 11.5 Å². The number of aromatic nitrogens is 2. The summed E-state index contributed by atoms with van der Waals surface area (Å²) in [5.41, 5.74) is 5.09. The van der Waals surface area contributed by atoms with Crippen LogP contribution < -0.4 is 15.7 Å². The predicted octanol–water partition coefficient (Wildman–Crippen LogP) is 4.12. The van der Waals surface area contributed by atoms with Gasteiger partial charge in [-0.3, -0.25) is 9.78 Å². The molecule has 0 spiro atoms. The molecule has 0 atom stereocenters. The lowest BCUT2D eigenvalue weighted by molar-refractivity contribution is 0.0600. The number of benzene rings is 3. The molecule has 1 heterocycles. The topological polar surface area (TPSA) is 129 Å². The van der Waals surface area contributed by atoms with Crippen LogP contribution in [0.25, 0.3) is 11.3 Å². The number of methoxy groups -OCH3 is 1. The highest BCUT2D eigenvalue weighted by Gasteiger charge is 2.12. The van der Waals surface area contributed by atoms with E-state index in [9.17, 15) is 14.9 Å². The lowest BCUT2D eigenvalue weighted by Crippen LogP contribution is -2.16. The van der Waals surface area contributed by atoms with Crippen LogP contribution in [-0.4, -0.2) is 29.3 Å². The quantitative estimate of drug-likeness (QED) is 0.221. The fourth-order valence-electron chi connectivity index (χ4n) is 3.33. The average Bonchev–Trinajstić information content (AvgIpc) is 2.92. The van der Waals surface area contributed by atoms with Gasteiger partial charge < -0.3 is 9.47 Å². The van der Waals surface area contributed by atoms with Crippen LogP contribution in [-0.2, 0) is 11.3 Å². The summed E-state index contributed by atoms with van der Waals surface area (Å²) < 4.78 is 10.5. The number of H-pyrrole nitrogens is 1. The number of carbonyl (C=O) groups is 1. The van der Waals surface area contributed by atoms with Crippen molar-refractivity contribution in [3.05, 3.63) is 111 Å². The molecule has 178 valence electrons. The Morgan fingerprint density at radius 3 is 2.61 bits per heavy atom. The SMILES string of the molecule is COC(=O)c1cccc(COc2ccc(C=NNc3nc(-c4ccccc4)c(C#N)c(=O)[nH]3)cc2)c1. The number of aromatic amines is 1. The lowest BCUT2D eigenvalue weighted by atomic mass is 10.1. The summed E-state index contributed by atoms with van der Waals surface area (Å²) >= 11 is 0. The first kappa shape index (κ1) is 23.9. The van der Waals surface area contributed by atoms with Crippen molar-refractivity contribution in [2.24, 2.45) is 5.10 Å². The Balaban J connectivity index is 1.40. The molecule has 36 heavy (non-hydrogen) atoms. The van der Waals surface area contributed by atoms with Gasteiger partial charge in [0, 0.05) is 5.56 Å². The van der Waals surface area contributed by atoms with Crippen LogP contribution in [0.15, 0.2) is 88.8 Å². The number of nitrogens with one attached hydrogen (secondary N) is 2. The van der Waals surface area contributed by atoms with Crippen molar-refractivity contribution in [1.82, 2.24) is 9.97 Å². The third-order valence-electron chi connectivity index (χ3n) is 5.10. The Kier molecular flexibility index (Phi) is 7.48. The van der Waals surface area contributed by atoms with Crippen LogP contribution in [0, 0.1) is 11.3 Å². The van der Waals surface area contributed by atoms with Crippen LogP contribution in [0.4, 0.5) is 5.95 Å². The van der Waals surface area contributed by atoms with Crippen molar-refractivity contribution >= 4 is 18.1 Å². The molecule has 0 amide bonds. The number of hydrogen-bond donors (Lipinski definition) is 2. The number of anilines is 1. The fraction of sp³-hybridized carbons (Fsp3) is 0.0741. The van der Waals surface area contributed by atoms with Crippen LogP contribution in [0.3, 0.4) is 0 Å². The largest absolute Gasteiger partial charge is 0.489 e. The van der Waals surface area contributed by atoms with E-state index >= 15 is 0 Å². The molecule has 2 N–H and O–H groups in total. The van der Waals surface area contributed by atoms with Gasteiger partial charge in [0.15, 0.2) is 0 Å². The standard InChI is InChI=1S/C27H21N5O4/c1-35-26(34)21-9-5-6-19(14-21)17-36-22-12-10-18(11-13-22)16-29-32-27-30-24(20-7-3-2-4-8-20)23(15-28)25(33)31-27/h2-14,16H,17H2,1H3,(H2,30,31,32,33). The van der Waals surface area contributed by atoms with Crippen LogP contribution in [0.5, 0.6) is 5.75 Å². The van der Waals surface area contributed by atoms with Crippen LogP contribution >= 0.6 is 0 Å². The molecule has 4 aromatic rings. The summed E-state index contributed by atoms with van der Waals surface area (Å²) in [6.07, 6.45) is 1.56. The second-order valence-corrected chi connectivity index (χ2v) is 7.54. The summed E-state index contributed by atoms with van der Waals surface area (Å²) in [6.45, 7) is 0.293. The minimum absolute atomic E-state index is 0.0664. The number of esters is 1. The van der Waals surface area contributed by atoms with Gasteiger partial charge in [-0.1, -0.05) is 42.5 Å². The first-order valence-corrected chi connectivity index (χ1v) is 10.9. The molecule has 4 rings (SSSR count). The number of rotatable bonds is 8. The maximum atomic E-state index is 12.3. The van der Waals surface area contributed by atoms with Crippen LogP contribution in [0.1, 0.15) is 27.0 Å². The molecule has 1 aromatic heterocycles. The van der Waals surface area contributed by atoms with E-state index in [-0.39, 0.29) is 17.2 Å². The van der Waals surface area contributed by atoms with Crippen molar-refractivity contribution in [1.29, 1.82) is 5.26 Å². The number of nitrogens with zero attached hydrogens (tertiary/aromatic N) is 3. The van der Waals surface area contributed by atoms with E-state index in [1.165, 1.54) is 7.11 Å². The molecule has 0 aliphatic rings. The van der Waals surface area contributed by atoms with Gasteiger partial charge in [0.2, 0.25) is 5.95 Å². The molecule has 0 fully saturated rings. The highest BCUT2D eigenvalue weighted by molar-refractivity contribution is 5.89. The smallest absolute Gasteiger partial charge is 0.337 e. The lowest BCUT2D eigenvalue weighted by Gasteiger charge is -2.08. The maximum absolute atomic E-state index is 12.3. The molecule has 0 unspecified atom stereocenters. The molecule has 0 saturated carbocycles. The zero-order valence-corrected chi connectivity index (χ0v) is 19.3. The van der Waals surface area contributed by atoms with E-state index in [4.69, 9.17) is 9.47 Å². The number of hydrazone groups is 1. The van der Waals surface area contributed by atoms with Crippen molar-refractivity contribution in [2.75, 3.05) is 12.5 Å². The third-order valence-corrected chi connectivity index (χ3v) is 5.10. The van der Waals surface area contributed by atoms with Crippen LogP contribution in [0.2, 0.25) is 0 Å². The number of carbonyl (C=O) groups excluding carboxylic acids is 1. The summed E-state index contributed by atoms with van der Waals surface area (Å²) in [5.74, 6) is 0.364. The minimum Gasteiger partial charge on any atom is -0.489 e. The zero-order valence-electron chi connectivity index (χ0n) is 19.3. The Morgan fingerprint density at radius 1 is 1.11 bits per heavy atom. The zero-order chi connectivity index (χ0) is 25.3. The molecular formula is C27H21N5O4. The first-order valence-electron chi connectivity index (χ1n) is 10.9. The fourth-order valence-corrected chi connectivity index (χ4v) is 3.33. The molecule has 0 saturated heterocycles. The van der Waals surface area contributed by atoms with Gasteiger partial charge in [-0.05, 0) is 47.5 Å². The van der Waals surface area contributed by atoms with E-state index in [2.05, 4.69) is 20.5 Å². The summed E-state index contributed by atoms with van der Waals surface area (Å²) in [5, 5.41) is 13.5. The van der Waals surface area contributed by atoms with Crippen molar-refractivity contribution < 1.29 is 14.3 Å². The minimum atomic E-state index is -0.553. The molecule has 0 radical (unpaired) electrons. The molecule has 0 aliphatic heterocycles. The van der Waals surface area contributed by atoms with E-state index in [0.29, 0.717) is 23.5 Å². The molecule has 3 aromatic carbocycles. The normalized spacial score (nSPS) is 10.6. The second-order valence-electron chi connectivity index (χ2n) is 7.54. The molecule has 9 heteroatoms. The molecule has 0 bridgehead atoms. The van der Waals surface area contributed by atoms with Gasteiger partial charge in [-0.25, -0.2) is 15.2 Å². The third kappa shape index (κ3) is 5.81. The van der Waals surface area contributed by atoms with Gasteiger partial charge >= 0.3 is 5.97 Å². The molecule has 9 nitrogen and oxygen atoms in total. The van der Waals surface area contributed by atoms with E-state index in [1.807, 2.05) is 30.3 Å². The Morgan fingerprint density at radius 2 is 1.89 bits per heavy atom.